The molecular formula is C5H12N2O2S. The average molecular weight is 164 g/mol. The minimum absolute atomic E-state index is 0.363. The fraction of sp³-hybridized carbons (Fsp3) is 1.00. The molecule has 1 saturated heterocycles. The van der Waals surface area contributed by atoms with Crippen LogP contribution >= 0.6 is 0 Å². The maximum Gasteiger partial charge on any atom is 0.227 e. The molecule has 1 rings (SSSR count). The summed E-state index contributed by atoms with van der Waals surface area (Å²) in [6.45, 7) is 0.811. The SMILES string of the molecule is CNS(=O)(=O)[C@@H]1CCCN1. The second-order valence-electron chi connectivity index (χ2n) is 2.33. The van der Waals surface area contributed by atoms with Crippen molar-refractivity contribution in [1.82, 2.24) is 10.0 Å². The number of sulfonamides is 1. The Kier molecular flexibility index (Phi) is 2.28. The molecule has 0 aromatic carbocycles. The van der Waals surface area contributed by atoms with Gasteiger partial charge in [0.1, 0.15) is 5.37 Å². The number of nitrogens with one attached hydrogen (secondary N) is 2. The van der Waals surface area contributed by atoms with Crippen LogP contribution in [0.3, 0.4) is 0 Å². The van der Waals surface area contributed by atoms with Crippen molar-refractivity contribution in [3.8, 4) is 0 Å². The highest BCUT2D eigenvalue weighted by Crippen LogP contribution is 2.09. The van der Waals surface area contributed by atoms with Gasteiger partial charge in [0.25, 0.3) is 0 Å². The van der Waals surface area contributed by atoms with E-state index in [9.17, 15) is 8.42 Å². The third kappa shape index (κ3) is 1.47. The molecule has 10 heavy (non-hydrogen) atoms. The largest absolute Gasteiger partial charge is 0.300 e. The summed E-state index contributed by atoms with van der Waals surface area (Å²) in [5.41, 5.74) is 0. The maximum absolute atomic E-state index is 11.0. The fourth-order valence-corrected chi connectivity index (χ4v) is 2.16. The van der Waals surface area contributed by atoms with Gasteiger partial charge in [-0.15, -0.1) is 0 Å². The Morgan fingerprint density at radius 1 is 1.60 bits per heavy atom. The van der Waals surface area contributed by atoms with Crippen molar-refractivity contribution >= 4 is 10.0 Å². The maximum atomic E-state index is 11.0. The van der Waals surface area contributed by atoms with Crippen LogP contribution in [0, 0.1) is 0 Å². The van der Waals surface area contributed by atoms with E-state index < -0.39 is 10.0 Å². The van der Waals surface area contributed by atoms with Crippen LogP contribution < -0.4 is 10.0 Å². The molecular weight excluding hydrogens is 152 g/mol. The lowest BCUT2D eigenvalue weighted by molar-refractivity contribution is 0.563. The van der Waals surface area contributed by atoms with Gasteiger partial charge >= 0.3 is 0 Å². The van der Waals surface area contributed by atoms with Crippen LogP contribution in [0.25, 0.3) is 0 Å². The molecule has 60 valence electrons. The first-order chi connectivity index (χ1) is 4.67. The average Bonchev–Trinajstić information content (AvgIpc) is 2.38. The van der Waals surface area contributed by atoms with E-state index in [2.05, 4.69) is 10.0 Å². The van der Waals surface area contributed by atoms with E-state index in [1.807, 2.05) is 0 Å². The first-order valence-electron chi connectivity index (χ1n) is 3.32. The van der Waals surface area contributed by atoms with Gasteiger partial charge in [-0.05, 0) is 26.4 Å². The topological polar surface area (TPSA) is 58.2 Å². The lowest BCUT2D eigenvalue weighted by atomic mass is 10.4. The highest BCUT2D eigenvalue weighted by molar-refractivity contribution is 7.90. The van der Waals surface area contributed by atoms with Gasteiger partial charge < -0.3 is 5.32 Å². The standard InChI is InChI=1S/C5H12N2O2S/c1-6-10(8,9)5-3-2-4-7-5/h5-7H,2-4H2,1H3/t5-/m1/s1. The Hall–Kier alpha value is -0.130. The highest BCUT2D eigenvalue weighted by atomic mass is 32.2. The molecule has 0 aromatic rings. The predicted octanol–water partition coefficient (Wildman–Crippen LogP) is -0.755. The molecule has 0 unspecified atom stereocenters. The van der Waals surface area contributed by atoms with Gasteiger partial charge in [-0.1, -0.05) is 0 Å². The fourth-order valence-electron chi connectivity index (χ4n) is 1.06. The van der Waals surface area contributed by atoms with Crippen LogP contribution in [-0.2, 0) is 10.0 Å². The molecule has 0 radical (unpaired) electrons. The van der Waals surface area contributed by atoms with E-state index in [0.717, 1.165) is 19.4 Å². The van der Waals surface area contributed by atoms with E-state index in [0.29, 0.717) is 0 Å². The molecule has 1 aliphatic heterocycles. The Balaban J connectivity index is 2.63. The molecule has 1 aliphatic rings. The van der Waals surface area contributed by atoms with Crippen molar-refractivity contribution < 1.29 is 8.42 Å². The van der Waals surface area contributed by atoms with E-state index >= 15 is 0 Å². The molecule has 2 N–H and O–H groups in total. The third-order valence-corrected chi connectivity index (χ3v) is 3.39. The minimum Gasteiger partial charge on any atom is -0.300 e. The number of hydrogen-bond acceptors (Lipinski definition) is 3. The van der Waals surface area contributed by atoms with E-state index in [4.69, 9.17) is 0 Å². The summed E-state index contributed by atoms with van der Waals surface area (Å²) in [7, 11) is -1.62. The van der Waals surface area contributed by atoms with E-state index in [1.54, 1.807) is 0 Å². The molecule has 0 aliphatic carbocycles. The summed E-state index contributed by atoms with van der Waals surface area (Å²) in [4.78, 5) is 0. The highest BCUT2D eigenvalue weighted by Gasteiger charge is 2.26. The monoisotopic (exact) mass is 164 g/mol. The molecule has 4 nitrogen and oxygen atoms in total. The first kappa shape index (κ1) is 7.97. The Morgan fingerprint density at radius 2 is 2.30 bits per heavy atom. The van der Waals surface area contributed by atoms with Crippen LogP contribution in [0.5, 0.6) is 0 Å². The van der Waals surface area contributed by atoms with Gasteiger partial charge in [0.15, 0.2) is 0 Å². The number of hydrogen-bond donors (Lipinski definition) is 2. The van der Waals surface area contributed by atoms with Crippen LogP contribution in [0.15, 0.2) is 0 Å². The van der Waals surface area contributed by atoms with Crippen molar-refractivity contribution in [2.24, 2.45) is 0 Å². The van der Waals surface area contributed by atoms with Crippen LogP contribution in [0.2, 0.25) is 0 Å². The zero-order valence-electron chi connectivity index (χ0n) is 5.92. The summed E-state index contributed by atoms with van der Waals surface area (Å²) < 4.78 is 24.3. The lowest BCUT2D eigenvalue weighted by Crippen LogP contribution is -2.38. The summed E-state index contributed by atoms with van der Waals surface area (Å²) in [6.07, 6.45) is 1.68. The van der Waals surface area contributed by atoms with Crippen molar-refractivity contribution in [2.45, 2.75) is 18.2 Å². The van der Waals surface area contributed by atoms with Crippen molar-refractivity contribution in [3.63, 3.8) is 0 Å². The third-order valence-electron chi connectivity index (χ3n) is 1.67. The van der Waals surface area contributed by atoms with E-state index in [1.165, 1.54) is 7.05 Å². The second kappa shape index (κ2) is 2.86. The van der Waals surface area contributed by atoms with Gasteiger partial charge in [-0.25, -0.2) is 13.1 Å². The zero-order valence-corrected chi connectivity index (χ0v) is 6.74. The number of rotatable bonds is 2. The van der Waals surface area contributed by atoms with Crippen LogP contribution in [-0.4, -0.2) is 27.4 Å². The second-order valence-corrected chi connectivity index (χ2v) is 4.40. The van der Waals surface area contributed by atoms with Gasteiger partial charge in [0.05, 0.1) is 0 Å². The Labute approximate surface area is 61.1 Å². The Bertz CT molecular complexity index is 194. The lowest BCUT2D eigenvalue weighted by Gasteiger charge is -2.08. The summed E-state index contributed by atoms with van der Waals surface area (Å²) in [6, 6.07) is 0. The summed E-state index contributed by atoms with van der Waals surface area (Å²) in [5, 5.41) is 2.53. The van der Waals surface area contributed by atoms with Crippen LogP contribution in [0.1, 0.15) is 12.8 Å². The molecule has 1 heterocycles. The van der Waals surface area contributed by atoms with Crippen molar-refractivity contribution in [3.05, 3.63) is 0 Å². The van der Waals surface area contributed by atoms with Gasteiger partial charge in [0, 0.05) is 0 Å². The minimum atomic E-state index is -3.06. The van der Waals surface area contributed by atoms with Crippen molar-refractivity contribution in [2.75, 3.05) is 13.6 Å². The quantitative estimate of drug-likeness (QED) is 0.564. The van der Waals surface area contributed by atoms with E-state index in [-0.39, 0.29) is 5.37 Å². The molecule has 0 bridgehead atoms. The Morgan fingerprint density at radius 3 is 2.70 bits per heavy atom. The first-order valence-corrected chi connectivity index (χ1v) is 4.87. The van der Waals surface area contributed by atoms with Crippen LogP contribution in [0.4, 0.5) is 0 Å². The van der Waals surface area contributed by atoms with Gasteiger partial charge in [-0.3, -0.25) is 0 Å². The molecule has 0 amide bonds. The normalized spacial score (nSPS) is 27.1. The molecule has 0 aromatic heterocycles. The van der Waals surface area contributed by atoms with Crippen molar-refractivity contribution in [1.29, 1.82) is 0 Å². The molecule has 0 spiro atoms. The molecule has 0 saturated carbocycles. The molecule has 5 heteroatoms. The summed E-state index contributed by atoms with van der Waals surface area (Å²) >= 11 is 0. The molecule has 1 fully saturated rings. The summed E-state index contributed by atoms with van der Waals surface area (Å²) in [5.74, 6) is 0. The molecule has 1 atom stereocenters. The zero-order chi connectivity index (χ0) is 7.61. The van der Waals surface area contributed by atoms with Gasteiger partial charge in [-0.2, -0.15) is 0 Å². The smallest absolute Gasteiger partial charge is 0.227 e. The predicted molar refractivity (Wildman–Crippen MR) is 39.0 cm³/mol. The van der Waals surface area contributed by atoms with Gasteiger partial charge in [0.2, 0.25) is 10.0 Å².